The van der Waals surface area contributed by atoms with Crippen LogP contribution in [0.1, 0.15) is 13.3 Å². The Kier molecular flexibility index (Phi) is 5.31. The molecule has 1 aliphatic heterocycles. The molecule has 1 rings (SSSR count). The van der Waals surface area contributed by atoms with E-state index in [1.54, 1.807) is 7.11 Å². The van der Waals surface area contributed by atoms with Gasteiger partial charge in [-0.25, -0.2) is 0 Å². The molecule has 0 bridgehead atoms. The monoisotopic (exact) mass is 190 g/mol. The summed E-state index contributed by atoms with van der Waals surface area (Å²) < 4.78 is 20.9. The smallest absolute Gasteiger partial charge is 0.160 e. The second kappa shape index (κ2) is 6.32. The van der Waals surface area contributed by atoms with E-state index in [0.717, 1.165) is 6.42 Å². The van der Waals surface area contributed by atoms with E-state index in [9.17, 15) is 0 Å². The van der Waals surface area contributed by atoms with Crippen molar-refractivity contribution in [2.45, 2.75) is 25.7 Å². The lowest BCUT2D eigenvalue weighted by molar-refractivity contribution is -0.0835. The van der Waals surface area contributed by atoms with Crippen molar-refractivity contribution in [1.29, 1.82) is 0 Å². The number of rotatable bonds is 6. The fraction of sp³-hybridized carbons (Fsp3) is 1.00. The third-order valence-corrected chi connectivity index (χ3v) is 1.91. The second-order valence-electron chi connectivity index (χ2n) is 3.08. The zero-order chi connectivity index (χ0) is 9.52. The molecule has 0 N–H and O–H groups in total. The first-order chi connectivity index (χ1) is 6.33. The van der Waals surface area contributed by atoms with Crippen molar-refractivity contribution in [3.05, 3.63) is 0 Å². The second-order valence-corrected chi connectivity index (χ2v) is 3.08. The maximum atomic E-state index is 5.46. The topological polar surface area (TPSA) is 36.9 Å². The first-order valence-corrected chi connectivity index (χ1v) is 4.66. The van der Waals surface area contributed by atoms with Crippen LogP contribution in [0.2, 0.25) is 0 Å². The Morgan fingerprint density at radius 1 is 1.31 bits per heavy atom. The highest BCUT2D eigenvalue weighted by molar-refractivity contribution is 4.58. The summed E-state index contributed by atoms with van der Waals surface area (Å²) in [7, 11) is 1.66. The van der Waals surface area contributed by atoms with E-state index in [1.165, 1.54) is 0 Å². The minimum atomic E-state index is -0.0717. The summed E-state index contributed by atoms with van der Waals surface area (Å²) in [5.41, 5.74) is 0. The molecule has 1 atom stereocenters. The first-order valence-electron chi connectivity index (χ1n) is 4.66. The molecule has 0 saturated carbocycles. The highest BCUT2D eigenvalue weighted by Crippen LogP contribution is 2.11. The summed E-state index contributed by atoms with van der Waals surface area (Å²) in [5.74, 6) is 0. The van der Waals surface area contributed by atoms with Crippen molar-refractivity contribution in [3.8, 4) is 0 Å². The van der Waals surface area contributed by atoms with E-state index in [-0.39, 0.29) is 12.4 Å². The van der Waals surface area contributed by atoms with Crippen molar-refractivity contribution >= 4 is 0 Å². The number of methoxy groups -OCH3 is 1. The van der Waals surface area contributed by atoms with Gasteiger partial charge in [-0.3, -0.25) is 0 Å². The zero-order valence-corrected chi connectivity index (χ0v) is 8.32. The summed E-state index contributed by atoms with van der Waals surface area (Å²) in [6, 6.07) is 0. The van der Waals surface area contributed by atoms with Crippen molar-refractivity contribution in [1.82, 2.24) is 0 Å². The summed E-state index contributed by atoms with van der Waals surface area (Å²) >= 11 is 0. The molecule has 1 aliphatic rings. The van der Waals surface area contributed by atoms with Gasteiger partial charge < -0.3 is 18.9 Å². The summed E-state index contributed by atoms with van der Waals surface area (Å²) in [4.78, 5) is 0. The Bertz CT molecular complexity index is 123. The molecule has 4 heteroatoms. The van der Waals surface area contributed by atoms with Crippen LogP contribution in [0.3, 0.4) is 0 Å². The molecule has 4 nitrogen and oxygen atoms in total. The van der Waals surface area contributed by atoms with Crippen LogP contribution in [0.5, 0.6) is 0 Å². The molecule has 0 aromatic carbocycles. The largest absolute Gasteiger partial charge is 0.382 e. The Morgan fingerprint density at radius 3 is 2.62 bits per heavy atom. The molecular formula is C9H18O4. The molecule has 0 aromatic rings. The molecule has 0 amide bonds. The Balaban J connectivity index is 1.99. The lowest BCUT2D eigenvalue weighted by atomic mass is 10.3. The van der Waals surface area contributed by atoms with Gasteiger partial charge in [-0.05, 0) is 6.92 Å². The molecule has 1 unspecified atom stereocenters. The highest BCUT2D eigenvalue weighted by atomic mass is 16.7. The average Bonchev–Trinajstić information content (AvgIpc) is 2.57. The lowest BCUT2D eigenvalue weighted by Crippen LogP contribution is -2.20. The Morgan fingerprint density at radius 2 is 2.00 bits per heavy atom. The molecule has 13 heavy (non-hydrogen) atoms. The maximum absolute atomic E-state index is 5.46. The Labute approximate surface area is 79.1 Å². The summed E-state index contributed by atoms with van der Waals surface area (Å²) in [5, 5.41) is 0. The van der Waals surface area contributed by atoms with E-state index < -0.39 is 0 Å². The van der Waals surface area contributed by atoms with Gasteiger partial charge in [0, 0.05) is 13.5 Å². The van der Waals surface area contributed by atoms with Crippen molar-refractivity contribution < 1.29 is 18.9 Å². The van der Waals surface area contributed by atoms with E-state index in [1.807, 2.05) is 6.92 Å². The van der Waals surface area contributed by atoms with Crippen LogP contribution in [-0.2, 0) is 18.9 Å². The van der Waals surface area contributed by atoms with Crippen molar-refractivity contribution in [3.63, 3.8) is 0 Å². The van der Waals surface area contributed by atoms with Crippen LogP contribution in [0.15, 0.2) is 0 Å². The van der Waals surface area contributed by atoms with E-state index >= 15 is 0 Å². The Hall–Kier alpha value is -0.160. The third kappa shape index (κ3) is 4.57. The fourth-order valence-electron chi connectivity index (χ4n) is 1.22. The molecule has 78 valence electrons. The molecule has 0 spiro atoms. The first kappa shape index (κ1) is 10.9. The van der Waals surface area contributed by atoms with Crippen LogP contribution in [0, 0.1) is 0 Å². The minimum absolute atomic E-state index is 0.0717. The maximum Gasteiger partial charge on any atom is 0.160 e. The van der Waals surface area contributed by atoms with Crippen LogP contribution >= 0.6 is 0 Å². The van der Waals surface area contributed by atoms with Gasteiger partial charge in [-0.1, -0.05) is 0 Å². The van der Waals surface area contributed by atoms with Gasteiger partial charge >= 0.3 is 0 Å². The molecular weight excluding hydrogens is 172 g/mol. The molecule has 0 aromatic heterocycles. The van der Waals surface area contributed by atoms with E-state index in [4.69, 9.17) is 18.9 Å². The van der Waals surface area contributed by atoms with E-state index in [2.05, 4.69) is 0 Å². The number of hydrogen-bond acceptors (Lipinski definition) is 4. The highest BCUT2D eigenvalue weighted by Gasteiger charge is 2.18. The molecule has 0 aliphatic carbocycles. The van der Waals surface area contributed by atoms with Crippen LogP contribution in [0.25, 0.3) is 0 Å². The average molecular weight is 190 g/mol. The van der Waals surface area contributed by atoms with Gasteiger partial charge in [0.2, 0.25) is 0 Å². The minimum Gasteiger partial charge on any atom is -0.382 e. The van der Waals surface area contributed by atoms with Gasteiger partial charge in [-0.15, -0.1) is 0 Å². The molecule has 0 radical (unpaired) electrons. The quantitative estimate of drug-likeness (QED) is 0.580. The van der Waals surface area contributed by atoms with Crippen molar-refractivity contribution in [2.75, 3.05) is 33.5 Å². The lowest BCUT2D eigenvalue weighted by Gasteiger charge is -2.16. The standard InChI is InChI=1S/C9H18O4/c1-8(11-4-3-10-2)7-9-12-5-6-13-9/h8-9H,3-7H2,1-2H3. The summed E-state index contributed by atoms with van der Waals surface area (Å²) in [6.07, 6.45) is 0.889. The van der Waals surface area contributed by atoms with Gasteiger partial charge in [0.15, 0.2) is 6.29 Å². The van der Waals surface area contributed by atoms with Gasteiger partial charge in [0.1, 0.15) is 0 Å². The summed E-state index contributed by atoms with van der Waals surface area (Å²) in [6.45, 7) is 4.69. The SMILES string of the molecule is COCCOC(C)CC1OCCO1. The molecule has 1 fully saturated rings. The number of hydrogen-bond donors (Lipinski definition) is 0. The van der Waals surface area contributed by atoms with E-state index in [0.29, 0.717) is 26.4 Å². The normalized spacial score (nSPS) is 20.8. The van der Waals surface area contributed by atoms with Crippen LogP contribution in [0.4, 0.5) is 0 Å². The van der Waals surface area contributed by atoms with Crippen molar-refractivity contribution in [2.24, 2.45) is 0 Å². The number of ether oxygens (including phenoxy) is 4. The predicted molar refractivity (Wildman–Crippen MR) is 47.6 cm³/mol. The van der Waals surface area contributed by atoms with Gasteiger partial charge in [0.25, 0.3) is 0 Å². The fourth-order valence-corrected chi connectivity index (χ4v) is 1.22. The van der Waals surface area contributed by atoms with Crippen LogP contribution < -0.4 is 0 Å². The van der Waals surface area contributed by atoms with Gasteiger partial charge in [0.05, 0.1) is 32.5 Å². The third-order valence-electron chi connectivity index (χ3n) is 1.91. The predicted octanol–water partition coefficient (Wildman–Crippen LogP) is 0.801. The molecule has 1 saturated heterocycles. The molecule has 1 heterocycles. The van der Waals surface area contributed by atoms with Gasteiger partial charge in [-0.2, -0.15) is 0 Å². The zero-order valence-electron chi connectivity index (χ0n) is 8.32. The van der Waals surface area contributed by atoms with Crippen LogP contribution in [-0.4, -0.2) is 45.9 Å².